The van der Waals surface area contributed by atoms with E-state index in [9.17, 15) is 14.4 Å². The number of piperazine rings is 1. The van der Waals surface area contributed by atoms with Gasteiger partial charge in [-0.15, -0.1) is 0 Å². The fourth-order valence-electron chi connectivity index (χ4n) is 3.33. The zero-order valence-corrected chi connectivity index (χ0v) is 15.7. The van der Waals surface area contributed by atoms with E-state index in [1.165, 1.54) is 14.0 Å². The number of cyclic esters (lactones) is 1. The van der Waals surface area contributed by atoms with Gasteiger partial charge in [0, 0.05) is 44.4 Å². The molecular formula is C19H23N3O5. The van der Waals surface area contributed by atoms with Gasteiger partial charge in [0.25, 0.3) is 0 Å². The van der Waals surface area contributed by atoms with Gasteiger partial charge in [-0.3, -0.25) is 4.79 Å². The average molecular weight is 373 g/mol. The van der Waals surface area contributed by atoms with E-state index in [0.29, 0.717) is 37.3 Å². The summed E-state index contributed by atoms with van der Waals surface area (Å²) in [6.45, 7) is 5.78. The summed E-state index contributed by atoms with van der Waals surface area (Å²) in [6, 6.07) is 7.64. The Labute approximate surface area is 157 Å². The number of rotatable bonds is 3. The quantitative estimate of drug-likeness (QED) is 0.805. The number of methoxy groups -OCH3 is 1. The molecule has 0 unspecified atom stereocenters. The van der Waals surface area contributed by atoms with E-state index in [-0.39, 0.29) is 12.0 Å². The molecule has 1 aromatic rings. The summed E-state index contributed by atoms with van der Waals surface area (Å²) in [5.41, 5.74) is 2.94. The van der Waals surface area contributed by atoms with Crippen LogP contribution in [0.25, 0.3) is 5.57 Å². The van der Waals surface area contributed by atoms with E-state index in [4.69, 9.17) is 9.47 Å². The highest BCUT2D eigenvalue weighted by molar-refractivity contribution is 6.19. The molecule has 27 heavy (non-hydrogen) atoms. The van der Waals surface area contributed by atoms with Gasteiger partial charge in [-0.05, 0) is 24.6 Å². The predicted molar refractivity (Wildman–Crippen MR) is 98.9 cm³/mol. The molecule has 8 heteroatoms. The molecule has 1 saturated heterocycles. The van der Waals surface area contributed by atoms with Gasteiger partial charge in [0.1, 0.15) is 0 Å². The Morgan fingerprint density at radius 2 is 1.78 bits per heavy atom. The number of nitrogens with zero attached hydrogens (tertiary/aromatic N) is 2. The zero-order valence-electron chi connectivity index (χ0n) is 15.7. The summed E-state index contributed by atoms with van der Waals surface area (Å²) >= 11 is 0. The Balaban J connectivity index is 1.71. The Kier molecular flexibility index (Phi) is 5.34. The summed E-state index contributed by atoms with van der Waals surface area (Å²) in [7, 11) is 1.38. The Hall–Kier alpha value is -3.03. The van der Waals surface area contributed by atoms with E-state index < -0.39 is 12.2 Å². The highest BCUT2D eigenvalue weighted by Crippen LogP contribution is 2.30. The first kappa shape index (κ1) is 18.8. The molecule has 2 aliphatic heterocycles. The maximum absolute atomic E-state index is 12.2. The van der Waals surface area contributed by atoms with Crippen LogP contribution in [-0.4, -0.2) is 62.4 Å². The van der Waals surface area contributed by atoms with Crippen LogP contribution in [0.5, 0.6) is 0 Å². The molecule has 8 nitrogen and oxygen atoms in total. The Morgan fingerprint density at radius 3 is 2.33 bits per heavy atom. The first-order valence-corrected chi connectivity index (χ1v) is 8.78. The van der Waals surface area contributed by atoms with E-state index in [2.05, 4.69) is 10.2 Å². The largest absolute Gasteiger partial charge is 0.453 e. The number of ether oxygens (including phenoxy) is 2. The molecule has 1 atom stereocenters. The molecule has 1 N–H and O–H groups in total. The predicted octanol–water partition coefficient (Wildman–Crippen LogP) is 1.37. The van der Waals surface area contributed by atoms with Crippen LogP contribution >= 0.6 is 0 Å². The van der Waals surface area contributed by atoms with E-state index in [1.807, 2.05) is 24.3 Å². The molecule has 0 aliphatic carbocycles. The van der Waals surface area contributed by atoms with Gasteiger partial charge in [-0.1, -0.05) is 12.1 Å². The summed E-state index contributed by atoms with van der Waals surface area (Å²) in [5, 5.41) is 2.61. The normalized spacial score (nSPS) is 19.8. The first-order chi connectivity index (χ1) is 12.9. The van der Waals surface area contributed by atoms with Crippen molar-refractivity contribution >= 4 is 29.2 Å². The molecule has 2 amide bonds. The minimum absolute atomic E-state index is 0.255. The lowest BCUT2D eigenvalue weighted by Crippen LogP contribution is -2.48. The number of carbonyl (C=O) groups excluding carboxylic acids is 3. The van der Waals surface area contributed by atoms with Crippen molar-refractivity contribution in [1.29, 1.82) is 0 Å². The van der Waals surface area contributed by atoms with Gasteiger partial charge in [-0.25, -0.2) is 9.59 Å². The van der Waals surface area contributed by atoms with Gasteiger partial charge >= 0.3 is 12.1 Å². The molecule has 0 spiro atoms. The van der Waals surface area contributed by atoms with Crippen molar-refractivity contribution in [3.63, 3.8) is 0 Å². The maximum atomic E-state index is 12.2. The third kappa shape index (κ3) is 3.89. The van der Waals surface area contributed by atoms with E-state index in [1.54, 1.807) is 11.8 Å². The van der Waals surface area contributed by atoms with Crippen LogP contribution < -0.4 is 10.2 Å². The standard InChI is InChI=1S/C19H23N3O5/c1-12-16(18(24)27-17(12)20-13(2)23)14-4-6-15(7-5-14)21-8-10-22(11-9-21)19(25)26-3/h4-7,17H,8-11H2,1-3H3,(H,20,23)/t17-/m1/s1. The number of esters is 1. The number of nitrogens with one attached hydrogen (secondary N) is 1. The van der Waals surface area contributed by atoms with Crippen molar-refractivity contribution in [1.82, 2.24) is 10.2 Å². The van der Waals surface area contributed by atoms with Gasteiger partial charge in [0.2, 0.25) is 5.91 Å². The molecule has 0 bridgehead atoms. The minimum atomic E-state index is -0.712. The van der Waals surface area contributed by atoms with Crippen LogP contribution in [-0.2, 0) is 19.1 Å². The molecule has 1 fully saturated rings. The summed E-state index contributed by atoms with van der Waals surface area (Å²) in [6.07, 6.45) is -1.02. The summed E-state index contributed by atoms with van der Waals surface area (Å²) in [5.74, 6) is -0.694. The molecule has 0 radical (unpaired) electrons. The number of hydrogen-bond donors (Lipinski definition) is 1. The molecule has 2 heterocycles. The van der Waals surface area contributed by atoms with Crippen LogP contribution in [0.3, 0.4) is 0 Å². The maximum Gasteiger partial charge on any atom is 0.409 e. The number of amides is 2. The lowest BCUT2D eigenvalue weighted by molar-refractivity contribution is -0.140. The first-order valence-electron chi connectivity index (χ1n) is 8.78. The molecule has 144 valence electrons. The van der Waals surface area contributed by atoms with Crippen molar-refractivity contribution in [3.05, 3.63) is 35.4 Å². The topological polar surface area (TPSA) is 88.2 Å². The van der Waals surface area contributed by atoms with E-state index >= 15 is 0 Å². The van der Waals surface area contributed by atoms with Crippen molar-refractivity contribution in [3.8, 4) is 0 Å². The second-order valence-corrected chi connectivity index (χ2v) is 6.53. The fraction of sp³-hybridized carbons (Fsp3) is 0.421. The Bertz CT molecular complexity index is 779. The molecule has 2 aliphatic rings. The van der Waals surface area contributed by atoms with Gasteiger partial charge < -0.3 is 24.6 Å². The van der Waals surface area contributed by atoms with Gasteiger partial charge in [-0.2, -0.15) is 0 Å². The average Bonchev–Trinajstić information content (AvgIpc) is 2.94. The van der Waals surface area contributed by atoms with Crippen molar-refractivity contribution < 1.29 is 23.9 Å². The van der Waals surface area contributed by atoms with Crippen molar-refractivity contribution in [2.75, 3.05) is 38.2 Å². The number of benzene rings is 1. The number of anilines is 1. The van der Waals surface area contributed by atoms with Crippen LogP contribution in [0.2, 0.25) is 0 Å². The van der Waals surface area contributed by atoms with Crippen LogP contribution in [0.4, 0.5) is 10.5 Å². The molecule has 3 rings (SSSR count). The Morgan fingerprint density at radius 1 is 1.15 bits per heavy atom. The SMILES string of the molecule is COC(=O)N1CCN(c2ccc(C3=C(C)[C@H](NC(C)=O)OC3=O)cc2)CC1. The lowest BCUT2D eigenvalue weighted by Gasteiger charge is -2.35. The van der Waals surface area contributed by atoms with E-state index in [0.717, 1.165) is 11.3 Å². The number of hydrogen-bond acceptors (Lipinski definition) is 6. The second kappa shape index (κ2) is 7.69. The monoisotopic (exact) mass is 373 g/mol. The molecule has 1 aromatic carbocycles. The lowest BCUT2D eigenvalue weighted by atomic mass is 10.0. The molecule has 0 saturated carbocycles. The zero-order chi connectivity index (χ0) is 19.6. The second-order valence-electron chi connectivity index (χ2n) is 6.53. The van der Waals surface area contributed by atoms with Crippen molar-refractivity contribution in [2.24, 2.45) is 0 Å². The summed E-state index contributed by atoms with van der Waals surface area (Å²) < 4.78 is 9.99. The fourth-order valence-corrected chi connectivity index (χ4v) is 3.33. The van der Waals surface area contributed by atoms with Crippen LogP contribution in [0.15, 0.2) is 29.8 Å². The third-order valence-electron chi connectivity index (χ3n) is 4.78. The summed E-state index contributed by atoms with van der Waals surface area (Å²) in [4.78, 5) is 38.9. The smallest absolute Gasteiger partial charge is 0.409 e. The van der Waals surface area contributed by atoms with Gasteiger partial charge in [0.15, 0.2) is 6.23 Å². The molecule has 0 aromatic heterocycles. The highest BCUT2D eigenvalue weighted by Gasteiger charge is 2.32. The van der Waals surface area contributed by atoms with Crippen LogP contribution in [0.1, 0.15) is 19.4 Å². The third-order valence-corrected chi connectivity index (χ3v) is 4.78. The van der Waals surface area contributed by atoms with Gasteiger partial charge in [0.05, 0.1) is 12.7 Å². The number of carbonyl (C=O) groups is 3. The highest BCUT2D eigenvalue weighted by atomic mass is 16.6. The van der Waals surface area contributed by atoms with Crippen molar-refractivity contribution in [2.45, 2.75) is 20.1 Å². The minimum Gasteiger partial charge on any atom is -0.453 e. The molecular weight excluding hydrogens is 350 g/mol. The van der Waals surface area contributed by atoms with Crippen LogP contribution in [0, 0.1) is 0 Å².